The molecule has 0 aromatic heterocycles. The quantitative estimate of drug-likeness (QED) is 0.201. The maximum absolute atomic E-state index is 10.7. The molecule has 0 saturated heterocycles. The van der Waals surface area contributed by atoms with E-state index in [2.05, 4.69) is 0 Å². The number of Topliss-reactive ketones (excluding diaryl/α,β-unsaturated/α-hetero) is 1. The van der Waals surface area contributed by atoms with E-state index in [9.17, 15) is 9.59 Å². The minimum absolute atomic E-state index is 0.119. The summed E-state index contributed by atoms with van der Waals surface area (Å²) in [5, 5.41) is 0. The molecule has 7 N–H and O–H groups in total. The average molecular weight is 160 g/mol. The number of nitrogens with one attached hydrogen (secondary N) is 1. The molecule has 0 bridgehead atoms. The van der Waals surface area contributed by atoms with E-state index in [0.717, 1.165) is 0 Å². The van der Waals surface area contributed by atoms with Gasteiger partial charge < -0.3 is 11.5 Å². The lowest BCUT2D eigenvalue weighted by atomic mass is 10.1. The van der Waals surface area contributed by atoms with Crippen molar-refractivity contribution in [3.05, 3.63) is 0 Å². The molecule has 0 rings (SSSR count). The van der Waals surface area contributed by atoms with Gasteiger partial charge in [0.25, 0.3) is 0 Å². The lowest BCUT2D eigenvalue weighted by Gasteiger charge is -2.06. The normalized spacial score (nSPS) is 12.3. The third-order valence-corrected chi connectivity index (χ3v) is 1.18. The van der Waals surface area contributed by atoms with Crippen LogP contribution in [0.15, 0.2) is 0 Å². The molecule has 1 atom stereocenters. The van der Waals surface area contributed by atoms with Gasteiger partial charge in [0.05, 0.1) is 19.0 Å². The zero-order valence-corrected chi connectivity index (χ0v) is 6.04. The predicted molar refractivity (Wildman–Crippen MR) is 39.0 cm³/mol. The van der Waals surface area contributed by atoms with E-state index in [1.54, 1.807) is 0 Å². The van der Waals surface area contributed by atoms with E-state index in [1.807, 2.05) is 5.43 Å². The molecule has 0 aliphatic rings. The summed E-state index contributed by atoms with van der Waals surface area (Å²) in [7, 11) is 0. The van der Waals surface area contributed by atoms with Crippen molar-refractivity contribution in [1.29, 1.82) is 0 Å². The first-order chi connectivity index (χ1) is 5.11. The third-order valence-electron chi connectivity index (χ3n) is 1.18. The molecule has 0 aromatic rings. The minimum Gasteiger partial charge on any atom is -0.324 e. The van der Waals surface area contributed by atoms with Gasteiger partial charge >= 0.3 is 0 Å². The van der Waals surface area contributed by atoms with Crippen molar-refractivity contribution in [2.24, 2.45) is 17.3 Å². The Morgan fingerprint density at radius 1 is 1.45 bits per heavy atom. The summed E-state index contributed by atoms with van der Waals surface area (Å²) >= 11 is 0. The van der Waals surface area contributed by atoms with Crippen LogP contribution in [0.1, 0.15) is 6.42 Å². The summed E-state index contributed by atoms with van der Waals surface area (Å²) in [5.41, 5.74) is 12.1. The van der Waals surface area contributed by atoms with Gasteiger partial charge in [0.2, 0.25) is 5.91 Å². The topological polar surface area (TPSA) is 124 Å². The second-order valence-electron chi connectivity index (χ2n) is 2.05. The highest BCUT2D eigenvalue weighted by atomic mass is 16.2. The Labute approximate surface area is 64.1 Å². The van der Waals surface area contributed by atoms with Gasteiger partial charge in [-0.05, 0) is 0 Å². The second-order valence-corrected chi connectivity index (χ2v) is 2.05. The number of carbonyl (C=O) groups excluding carboxylic acids is 2. The zero-order valence-electron chi connectivity index (χ0n) is 6.04. The lowest BCUT2D eigenvalue weighted by molar-refractivity contribution is -0.125. The van der Waals surface area contributed by atoms with Crippen LogP contribution in [0.5, 0.6) is 0 Å². The highest BCUT2D eigenvalue weighted by molar-refractivity contribution is 5.90. The maximum Gasteiger partial charge on any atom is 0.235 e. The summed E-state index contributed by atoms with van der Waals surface area (Å²) in [4.78, 5) is 21.2. The molecular formula is C5H12N4O2. The number of hydrazine groups is 1. The van der Waals surface area contributed by atoms with Crippen molar-refractivity contribution in [2.45, 2.75) is 12.5 Å². The molecule has 6 nitrogen and oxygen atoms in total. The van der Waals surface area contributed by atoms with Gasteiger partial charge in [-0.25, -0.2) is 5.84 Å². The summed E-state index contributed by atoms with van der Waals surface area (Å²) in [6.07, 6.45) is -0.119. The molecule has 0 radical (unpaired) electrons. The molecule has 0 heterocycles. The predicted octanol–water partition coefficient (Wildman–Crippen LogP) is -2.78. The fourth-order valence-electron chi connectivity index (χ4n) is 0.524. The molecule has 0 aromatic carbocycles. The van der Waals surface area contributed by atoms with Crippen LogP contribution in [0.3, 0.4) is 0 Å². The smallest absolute Gasteiger partial charge is 0.235 e. The van der Waals surface area contributed by atoms with Gasteiger partial charge in [-0.15, -0.1) is 0 Å². The van der Waals surface area contributed by atoms with Gasteiger partial charge in [-0.2, -0.15) is 0 Å². The van der Waals surface area contributed by atoms with E-state index in [4.69, 9.17) is 17.3 Å². The van der Waals surface area contributed by atoms with E-state index in [-0.39, 0.29) is 18.7 Å². The number of carbonyl (C=O) groups is 2. The fraction of sp³-hybridized carbons (Fsp3) is 0.600. The zero-order chi connectivity index (χ0) is 8.85. The van der Waals surface area contributed by atoms with Gasteiger partial charge in [0.1, 0.15) is 0 Å². The molecule has 0 aliphatic heterocycles. The molecule has 0 spiro atoms. The Bertz CT molecular complexity index is 159. The van der Waals surface area contributed by atoms with E-state index in [1.165, 1.54) is 0 Å². The van der Waals surface area contributed by atoms with Crippen molar-refractivity contribution in [3.8, 4) is 0 Å². The van der Waals surface area contributed by atoms with E-state index in [0.29, 0.717) is 0 Å². The number of amides is 1. The number of hydrogen-bond donors (Lipinski definition) is 4. The molecule has 6 heteroatoms. The van der Waals surface area contributed by atoms with Crippen LogP contribution in [0.4, 0.5) is 0 Å². The molecule has 11 heavy (non-hydrogen) atoms. The molecule has 1 amide bonds. The van der Waals surface area contributed by atoms with Crippen molar-refractivity contribution >= 4 is 11.7 Å². The third kappa shape index (κ3) is 3.66. The summed E-state index contributed by atoms with van der Waals surface area (Å²) < 4.78 is 0. The lowest BCUT2D eigenvalue weighted by Crippen LogP contribution is -2.41. The highest BCUT2D eigenvalue weighted by Gasteiger charge is 2.14. The van der Waals surface area contributed by atoms with Crippen LogP contribution in [0.25, 0.3) is 0 Å². The van der Waals surface area contributed by atoms with Crippen LogP contribution >= 0.6 is 0 Å². The van der Waals surface area contributed by atoms with Crippen LogP contribution in [0, 0.1) is 0 Å². The second kappa shape index (κ2) is 4.78. The molecule has 0 aliphatic carbocycles. The minimum atomic E-state index is -0.844. The van der Waals surface area contributed by atoms with E-state index >= 15 is 0 Å². The Morgan fingerprint density at radius 2 is 2.00 bits per heavy atom. The first-order valence-corrected chi connectivity index (χ1v) is 3.09. The summed E-state index contributed by atoms with van der Waals surface area (Å²) in [6, 6.07) is -0.844. The van der Waals surface area contributed by atoms with Crippen LogP contribution < -0.4 is 22.7 Å². The molecule has 0 saturated carbocycles. The Morgan fingerprint density at radius 3 is 2.36 bits per heavy atom. The van der Waals surface area contributed by atoms with Crippen LogP contribution in [-0.2, 0) is 9.59 Å². The van der Waals surface area contributed by atoms with Gasteiger partial charge in [-0.3, -0.25) is 15.0 Å². The summed E-state index contributed by atoms with van der Waals surface area (Å²) in [6.45, 7) is -0.154. The first-order valence-electron chi connectivity index (χ1n) is 3.09. The van der Waals surface area contributed by atoms with Gasteiger partial charge in [-0.1, -0.05) is 0 Å². The molecule has 0 fully saturated rings. The number of rotatable bonds is 4. The molecule has 64 valence electrons. The largest absolute Gasteiger partial charge is 0.324 e. The average Bonchev–Trinajstić information content (AvgIpc) is 2.02. The molecular weight excluding hydrogens is 148 g/mol. The first kappa shape index (κ1) is 10.0. The van der Waals surface area contributed by atoms with Gasteiger partial charge in [0.15, 0.2) is 5.78 Å². The number of nitrogens with two attached hydrogens (primary N) is 3. The van der Waals surface area contributed by atoms with Crippen molar-refractivity contribution in [1.82, 2.24) is 5.43 Å². The highest BCUT2D eigenvalue weighted by Crippen LogP contribution is 1.87. The number of ketones is 1. The Kier molecular flexibility index (Phi) is 4.35. The van der Waals surface area contributed by atoms with Crippen LogP contribution in [-0.4, -0.2) is 24.3 Å². The molecule has 1 unspecified atom stereocenters. The fourth-order valence-corrected chi connectivity index (χ4v) is 0.524. The summed E-state index contributed by atoms with van der Waals surface area (Å²) in [5.74, 6) is 3.94. The Hall–Kier alpha value is -0.980. The Balaban J connectivity index is 3.77. The van der Waals surface area contributed by atoms with Crippen molar-refractivity contribution < 1.29 is 9.59 Å². The SMILES string of the molecule is NCC(=O)C(N)CC(=O)NN. The maximum atomic E-state index is 10.7. The monoisotopic (exact) mass is 160 g/mol. The van der Waals surface area contributed by atoms with Gasteiger partial charge in [0, 0.05) is 0 Å². The standard InChI is InChI=1S/C5H12N4O2/c6-2-4(10)3(7)1-5(11)9-8/h3H,1-2,6-8H2,(H,9,11). The van der Waals surface area contributed by atoms with Crippen molar-refractivity contribution in [3.63, 3.8) is 0 Å². The van der Waals surface area contributed by atoms with Crippen LogP contribution in [0.2, 0.25) is 0 Å². The van der Waals surface area contributed by atoms with Crippen molar-refractivity contribution in [2.75, 3.05) is 6.54 Å². The number of hydrogen-bond acceptors (Lipinski definition) is 5. The van der Waals surface area contributed by atoms with E-state index < -0.39 is 11.9 Å².